The summed E-state index contributed by atoms with van der Waals surface area (Å²) in [5, 5.41) is 3.54. The minimum Gasteiger partial charge on any atom is -0.374 e. The van der Waals surface area contributed by atoms with Gasteiger partial charge in [-0.2, -0.15) is 0 Å². The maximum Gasteiger partial charge on any atom is 0.0723 e. The quantitative estimate of drug-likeness (QED) is 0.857. The minimum absolute atomic E-state index is 0.155. The summed E-state index contributed by atoms with van der Waals surface area (Å²) in [5.74, 6) is 0. The van der Waals surface area contributed by atoms with Crippen molar-refractivity contribution in [3.63, 3.8) is 0 Å². The van der Waals surface area contributed by atoms with Crippen molar-refractivity contribution in [3.8, 4) is 0 Å². The van der Waals surface area contributed by atoms with Crippen LogP contribution < -0.4 is 5.32 Å². The van der Waals surface area contributed by atoms with Crippen molar-refractivity contribution in [1.29, 1.82) is 0 Å². The van der Waals surface area contributed by atoms with Crippen LogP contribution in [-0.2, 0) is 17.9 Å². The van der Waals surface area contributed by atoms with Gasteiger partial charge in [0.2, 0.25) is 0 Å². The first-order valence-electron chi connectivity index (χ1n) is 6.98. The van der Waals surface area contributed by atoms with Gasteiger partial charge in [0.1, 0.15) is 0 Å². The van der Waals surface area contributed by atoms with E-state index in [0.717, 1.165) is 13.2 Å². The average molecular weight is 247 g/mol. The van der Waals surface area contributed by atoms with E-state index in [1.54, 1.807) is 0 Å². The predicted octanol–water partition coefficient (Wildman–Crippen LogP) is 3.64. The SMILES string of the molecule is CC(C)(C)NCc1ccccc1COC1CCC1. The van der Waals surface area contributed by atoms with Crippen molar-refractivity contribution in [1.82, 2.24) is 5.32 Å². The molecule has 0 unspecified atom stereocenters. The van der Waals surface area contributed by atoms with Crippen LogP contribution in [-0.4, -0.2) is 11.6 Å². The zero-order valence-electron chi connectivity index (χ0n) is 11.8. The van der Waals surface area contributed by atoms with Crippen LogP contribution in [0.5, 0.6) is 0 Å². The van der Waals surface area contributed by atoms with Crippen molar-refractivity contribution >= 4 is 0 Å². The highest BCUT2D eigenvalue weighted by Gasteiger charge is 2.18. The molecule has 2 rings (SSSR count). The van der Waals surface area contributed by atoms with Gasteiger partial charge >= 0.3 is 0 Å². The van der Waals surface area contributed by atoms with Crippen molar-refractivity contribution in [2.75, 3.05) is 0 Å². The van der Waals surface area contributed by atoms with Gasteiger partial charge in [-0.05, 0) is 51.2 Å². The zero-order chi connectivity index (χ0) is 13.0. The summed E-state index contributed by atoms with van der Waals surface area (Å²) in [5.41, 5.74) is 2.83. The van der Waals surface area contributed by atoms with E-state index in [1.165, 1.54) is 30.4 Å². The lowest BCUT2D eigenvalue weighted by Gasteiger charge is -2.26. The molecule has 0 heterocycles. The molecule has 1 saturated carbocycles. The highest BCUT2D eigenvalue weighted by atomic mass is 16.5. The van der Waals surface area contributed by atoms with Crippen LogP contribution in [0.1, 0.15) is 51.2 Å². The molecule has 0 spiro atoms. The molecule has 0 atom stereocenters. The Bertz CT molecular complexity index is 377. The maximum atomic E-state index is 5.91. The highest BCUT2D eigenvalue weighted by molar-refractivity contribution is 5.26. The van der Waals surface area contributed by atoms with E-state index in [2.05, 4.69) is 50.4 Å². The molecule has 0 aromatic heterocycles. The summed E-state index contributed by atoms with van der Waals surface area (Å²) in [7, 11) is 0. The molecule has 1 aromatic rings. The molecule has 0 saturated heterocycles. The van der Waals surface area contributed by atoms with Crippen molar-refractivity contribution in [3.05, 3.63) is 35.4 Å². The monoisotopic (exact) mass is 247 g/mol. The van der Waals surface area contributed by atoms with Gasteiger partial charge in [0.05, 0.1) is 12.7 Å². The Kier molecular flexibility index (Phi) is 4.41. The van der Waals surface area contributed by atoms with Crippen LogP contribution in [0.25, 0.3) is 0 Å². The van der Waals surface area contributed by atoms with Gasteiger partial charge in [-0.3, -0.25) is 0 Å². The van der Waals surface area contributed by atoms with Crippen LogP contribution >= 0.6 is 0 Å². The molecule has 0 amide bonds. The molecule has 2 nitrogen and oxygen atoms in total. The molecule has 1 aliphatic carbocycles. The number of rotatable bonds is 5. The molecule has 0 bridgehead atoms. The van der Waals surface area contributed by atoms with Gasteiger partial charge in [0, 0.05) is 12.1 Å². The van der Waals surface area contributed by atoms with E-state index in [9.17, 15) is 0 Å². The number of hydrogen-bond donors (Lipinski definition) is 1. The Morgan fingerprint density at radius 3 is 2.39 bits per heavy atom. The lowest BCUT2D eigenvalue weighted by molar-refractivity contribution is -0.00898. The smallest absolute Gasteiger partial charge is 0.0723 e. The Morgan fingerprint density at radius 1 is 1.17 bits per heavy atom. The van der Waals surface area contributed by atoms with Crippen LogP contribution in [0, 0.1) is 0 Å². The summed E-state index contributed by atoms with van der Waals surface area (Å²) < 4.78 is 5.91. The van der Waals surface area contributed by atoms with Gasteiger partial charge in [0.25, 0.3) is 0 Å². The fourth-order valence-corrected chi connectivity index (χ4v) is 1.98. The van der Waals surface area contributed by atoms with Gasteiger partial charge in [-0.1, -0.05) is 24.3 Å². The largest absolute Gasteiger partial charge is 0.374 e. The highest BCUT2D eigenvalue weighted by Crippen LogP contribution is 2.23. The average Bonchev–Trinajstić information content (AvgIpc) is 2.24. The van der Waals surface area contributed by atoms with Crippen molar-refractivity contribution in [2.45, 2.75) is 64.8 Å². The van der Waals surface area contributed by atoms with E-state index in [0.29, 0.717) is 6.10 Å². The van der Waals surface area contributed by atoms with E-state index in [-0.39, 0.29) is 5.54 Å². The second-order valence-corrected chi connectivity index (χ2v) is 6.24. The molecular formula is C16H25NO. The summed E-state index contributed by atoms with van der Waals surface area (Å²) >= 11 is 0. The fourth-order valence-electron chi connectivity index (χ4n) is 1.98. The van der Waals surface area contributed by atoms with Gasteiger partial charge in [-0.15, -0.1) is 0 Å². The van der Waals surface area contributed by atoms with E-state index in [1.807, 2.05) is 0 Å². The molecule has 1 aromatic carbocycles. The third kappa shape index (κ3) is 4.11. The summed E-state index contributed by atoms with van der Waals surface area (Å²) in [6.45, 7) is 8.25. The maximum absolute atomic E-state index is 5.91. The lowest BCUT2D eigenvalue weighted by atomic mass is 9.96. The van der Waals surface area contributed by atoms with E-state index < -0.39 is 0 Å². The summed E-state index contributed by atoms with van der Waals surface area (Å²) in [6.07, 6.45) is 4.32. The van der Waals surface area contributed by atoms with Crippen LogP contribution in [0.3, 0.4) is 0 Å². The van der Waals surface area contributed by atoms with Crippen LogP contribution in [0.4, 0.5) is 0 Å². The molecule has 100 valence electrons. The molecule has 1 aliphatic rings. The molecule has 0 aliphatic heterocycles. The molecule has 0 radical (unpaired) electrons. The Hall–Kier alpha value is -0.860. The fraction of sp³-hybridized carbons (Fsp3) is 0.625. The number of nitrogens with one attached hydrogen (secondary N) is 1. The topological polar surface area (TPSA) is 21.3 Å². The van der Waals surface area contributed by atoms with Gasteiger partial charge in [0.15, 0.2) is 0 Å². The van der Waals surface area contributed by atoms with Crippen LogP contribution in [0.2, 0.25) is 0 Å². The standard InChI is InChI=1S/C16H25NO/c1-16(2,3)17-11-13-7-4-5-8-14(13)12-18-15-9-6-10-15/h4-5,7-8,15,17H,6,9-12H2,1-3H3. The number of hydrogen-bond acceptors (Lipinski definition) is 2. The first kappa shape index (κ1) is 13.6. The lowest BCUT2D eigenvalue weighted by Crippen LogP contribution is -2.35. The van der Waals surface area contributed by atoms with Crippen molar-refractivity contribution < 1.29 is 4.74 Å². The second kappa shape index (κ2) is 5.85. The first-order valence-corrected chi connectivity index (χ1v) is 6.98. The Labute approximate surface area is 111 Å². The third-order valence-electron chi connectivity index (χ3n) is 3.45. The summed E-state index contributed by atoms with van der Waals surface area (Å²) in [6, 6.07) is 8.57. The molecule has 1 N–H and O–H groups in total. The normalized spacial score (nSPS) is 16.6. The third-order valence-corrected chi connectivity index (χ3v) is 3.45. The molecule has 1 fully saturated rings. The predicted molar refractivity (Wildman–Crippen MR) is 75.5 cm³/mol. The van der Waals surface area contributed by atoms with E-state index >= 15 is 0 Å². The first-order chi connectivity index (χ1) is 8.54. The van der Waals surface area contributed by atoms with Gasteiger partial charge in [-0.25, -0.2) is 0 Å². The zero-order valence-corrected chi connectivity index (χ0v) is 11.8. The van der Waals surface area contributed by atoms with Gasteiger partial charge < -0.3 is 10.1 Å². The second-order valence-electron chi connectivity index (χ2n) is 6.24. The van der Waals surface area contributed by atoms with Crippen LogP contribution in [0.15, 0.2) is 24.3 Å². The number of benzene rings is 1. The molecular weight excluding hydrogens is 222 g/mol. The molecule has 2 heteroatoms. The van der Waals surface area contributed by atoms with Crippen molar-refractivity contribution in [2.24, 2.45) is 0 Å². The summed E-state index contributed by atoms with van der Waals surface area (Å²) in [4.78, 5) is 0. The minimum atomic E-state index is 0.155. The van der Waals surface area contributed by atoms with E-state index in [4.69, 9.17) is 4.74 Å². The Morgan fingerprint density at radius 2 is 1.83 bits per heavy atom. The molecule has 18 heavy (non-hydrogen) atoms. The Balaban J connectivity index is 1.91. The number of ether oxygens (including phenoxy) is 1.